The van der Waals surface area contributed by atoms with E-state index in [0.717, 1.165) is 29.5 Å². The van der Waals surface area contributed by atoms with Crippen molar-refractivity contribution < 1.29 is 35.9 Å². The van der Waals surface area contributed by atoms with Crippen LogP contribution in [0.1, 0.15) is 12.0 Å². The molecule has 6 rings (SSSR count). The van der Waals surface area contributed by atoms with Crippen LogP contribution in [0.25, 0.3) is 32.2 Å². The molecule has 2 aliphatic rings. The Morgan fingerprint density at radius 1 is 1.16 bits per heavy atom. The molecule has 0 spiro atoms. The number of ether oxygens (including phenoxy) is 1. The maximum absolute atomic E-state index is 16.6. The van der Waals surface area contributed by atoms with Gasteiger partial charge in [0.05, 0.1) is 15.8 Å². The maximum Gasteiger partial charge on any atom is 0.417 e. The Balaban J connectivity index is 1.53. The number of aromatic nitrogens is 3. The summed E-state index contributed by atoms with van der Waals surface area (Å²) in [4.78, 5) is 29.6. The van der Waals surface area contributed by atoms with E-state index in [4.69, 9.17) is 10.5 Å². The second kappa shape index (κ2) is 11.6. The van der Waals surface area contributed by atoms with Gasteiger partial charge in [0.2, 0.25) is 5.91 Å². The number of thiazole rings is 1. The quantitative estimate of drug-likeness (QED) is 0.229. The fourth-order valence-corrected chi connectivity index (χ4v) is 6.59. The Kier molecular flexibility index (Phi) is 7.97. The van der Waals surface area contributed by atoms with E-state index in [1.807, 2.05) is 0 Å². The molecule has 2 atom stereocenters. The molecular weight excluding hydrogens is 624 g/mol. The predicted molar refractivity (Wildman–Crippen MR) is 158 cm³/mol. The van der Waals surface area contributed by atoms with Crippen LogP contribution in [0.2, 0.25) is 0 Å². The van der Waals surface area contributed by atoms with Crippen LogP contribution >= 0.6 is 11.3 Å². The summed E-state index contributed by atoms with van der Waals surface area (Å²) in [6.07, 6.45) is -4.75. The highest BCUT2D eigenvalue weighted by Crippen LogP contribution is 2.46. The zero-order valence-corrected chi connectivity index (χ0v) is 24.7. The topological polar surface area (TPSA) is 101 Å². The molecule has 0 radical (unpaired) electrons. The fourth-order valence-electron chi connectivity index (χ4n) is 5.82. The number of nitrogens with two attached hydrogens (primary N) is 1. The van der Waals surface area contributed by atoms with Gasteiger partial charge < -0.3 is 20.3 Å². The molecule has 0 aliphatic carbocycles. The van der Waals surface area contributed by atoms with Crippen molar-refractivity contribution >= 4 is 49.3 Å². The smallest absolute Gasteiger partial charge is 0.417 e. The molecule has 0 saturated carbocycles. The third kappa shape index (κ3) is 5.72. The minimum atomic E-state index is -5.05. The number of fused-ring (bicyclic) bond motifs is 2. The van der Waals surface area contributed by atoms with E-state index in [-0.39, 0.29) is 95.8 Å². The van der Waals surface area contributed by atoms with E-state index in [0.29, 0.717) is 0 Å². The standard InChI is InChI=1S/C29H27F6N7O2S/c1-3-20(43)41-6-8-42(9-7-41)26-17-11-18(29(33,34)35)21(16-4-5-19(31)25-24(16)37-27(36)45-25)22(32)23(17)38-28(39-26)44-13-15-10-14(30)12-40(15)2/h3-5,11,14-15H,1,6-10,12-13H2,2H3,(H2,36,37)/t14-,15+/m1/s1. The Morgan fingerprint density at radius 2 is 1.89 bits per heavy atom. The number of benzene rings is 2. The first-order valence-corrected chi connectivity index (χ1v) is 14.8. The number of amides is 1. The number of carbonyl (C=O) groups excluding carboxylic acids is 1. The van der Waals surface area contributed by atoms with E-state index >= 15 is 4.39 Å². The number of anilines is 2. The van der Waals surface area contributed by atoms with Crippen LogP contribution in [0.4, 0.5) is 37.3 Å². The number of halogens is 6. The molecule has 4 heterocycles. The summed E-state index contributed by atoms with van der Waals surface area (Å²) in [5.74, 6) is -2.43. The predicted octanol–water partition coefficient (Wildman–Crippen LogP) is 5.04. The second-order valence-corrected chi connectivity index (χ2v) is 11.9. The third-order valence-electron chi connectivity index (χ3n) is 8.08. The molecular formula is C29H27F6N7O2S. The molecule has 2 aromatic heterocycles. The van der Waals surface area contributed by atoms with Crippen molar-refractivity contribution in [1.82, 2.24) is 24.8 Å². The van der Waals surface area contributed by atoms with Gasteiger partial charge in [-0.05, 0) is 37.7 Å². The number of piperazine rings is 1. The SMILES string of the molecule is C=CC(=O)N1CCN(c2nc(OC[C@@H]3C[C@@H](F)CN3C)nc3c(F)c(-c4ccc(F)c5sc(N)nc45)c(C(F)(F)F)cc23)CC1. The summed E-state index contributed by atoms with van der Waals surface area (Å²) in [5.41, 5.74) is 2.53. The first-order chi connectivity index (χ1) is 21.3. The molecule has 1 amide bonds. The molecule has 2 aliphatic heterocycles. The molecule has 2 fully saturated rings. The summed E-state index contributed by atoms with van der Waals surface area (Å²) in [5, 5.41) is -0.342. The van der Waals surface area contributed by atoms with Gasteiger partial charge in [0.15, 0.2) is 10.9 Å². The number of alkyl halides is 4. The first-order valence-electron chi connectivity index (χ1n) is 14.0. The number of nitrogens with zero attached hydrogens (tertiary/aromatic N) is 6. The van der Waals surface area contributed by atoms with Crippen molar-refractivity contribution in [2.75, 3.05) is 57.0 Å². The van der Waals surface area contributed by atoms with Gasteiger partial charge in [0.1, 0.15) is 29.9 Å². The number of nitrogen functional groups attached to an aromatic ring is 1. The second-order valence-electron chi connectivity index (χ2n) is 10.9. The van der Waals surface area contributed by atoms with Crippen molar-refractivity contribution in [2.24, 2.45) is 0 Å². The van der Waals surface area contributed by atoms with Crippen LogP contribution < -0.4 is 15.4 Å². The van der Waals surface area contributed by atoms with Gasteiger partial charge in [-0.25, -0.2) is 18.2 Å². The van der Waals surface area contributed by atoms with Crippen LogP contribution in [0.3, 0.4) is 0 Å². The summed E-state index contributed by atoms with van der Waals surface area (Å²) in [6.45, 7) is 4.40. The Hall–Kier alpha value is -4.18. The fraction of sp³-hybridized carbons (Fsp3) is 0.379. The molecule has 2 N–H and O–H groups in total. The number of rotatable bonds is 6. The lowest BCUT2D eigenvalue weighted by Crippen LogP contribution is -2.48. The number of hydrogen-bond donors (Lipinski definition) is 1. The Labute approximate surface area is 256 Å². The average molecular weight is 652 g/mol. The molecule has 45 heavy (non-hydrogen) atoms. The molecule has 0 unspecified atom stereocenters. The van der Waals surface area contributed by atoms with Crippen LogP contribution in [0.15, 0.2) is 30.9 Å². The average Bonchev–Trinajstić information content (AvgIpc) is 3.56. The van der Waals surface area contributed by atoms with Crippen molar-refractivity contribution in [3.8, 4) is 17.1 Å². The lowest BCUT2D eigenvalue weighted by Gasteiger charge is -2.35. The minimum absolute atomic E-state index is 0.0260. The van der Waals surface area contributed by atoms with Gasteiger partial charge in [-0.1, -0.05) is 17.9 Å². The van der Waals surface area contributed by atoms with Gasteiger partial charge in [-0.2, -0.15) is 23.1 Å². The lowest BCUT2D eigenvalue weighted by atomic mass is 9.95. The third-order valence-corrected chi connectivity index (χ3v) is 8.98. The number of likely N-dealkylation sites (tertiary alicyclic amines) is 1. The van der Waals surface area contributed by atoms with Crippen LogP contribution in [0, 0.1) is 11.6 Å². The Morgan fingerprint density at radius 3 is 2.53 bits per heavy atom. The van der Waals surface area contributed by atoms with E-state index in [9.17, 15) is 26.7 Å². The normalized spacial score (nSPS) is 19.5. The van der Waals surface area contributed by atoms with E-state index < -0.39 is 40.6 Å². The Bertz CT molecular complexity index is 1810. The summed E-state index contributed by atoms with van der Waals surface area (Å²) < 4.78 is 94.9. The molecule has 16 heteroatoms. The number of likely N-dealkylation sites (N-methyl/N-ethyl adjacent to an activating group) is 1. The first kappa shape index (κ1) is 30.8. The van der Waals surface area contributed by atoms with Crippen LogP contribution in [-0.2, 0) is 11.0 Å². The highest BCUT2D eigenvalue weighted by Gasteiger charge is 2.39. The summed E-state index contributed by atoms with van der Waals surface area (Å²) in [7, 11) is 1.73. The number of hydrogen-bond acceptors (Lipinski definition) is 9. The summed E-state index contributed by atoms with van der Waals surface area (Å²) in [6, 6.07) is 2.07. The van der Waals surface area contributed by atoms with Gasteiger partial charge in [0.25, 0.3) is 0 Å². The van der Waals surface area contributed by atoms with Crippen LogP contribution in [-0.4, -0.2) is 89.3 Å². The molecule has 238 valence electrons. The van der Waals surface area contributed by atoms with Gasteiger partial charge >= 0.3 is 12.2 Å². The highest BCUT2D eigenvalue weighted by atomic mass is 32.1. The zero-order valence-electron chi connectivity index (χ0n) is 23.9. The van der Waals surface area contributed by atoms with E-state index in [1.54, 1.807) is 16.8 Å². The van der Waals surface area contributed by atoms with Gasteiger partial charge in [0, 0.05) is 55.3 Å². The molecule has 0 bridgehead atoms. The zero-order chi connectivity index (χ0) is 32.2. The molecule has 4 aromatic rings. The summed E-state index contributed by atoms with van der Waals surface area (Å²) >= 11 is 0.728. The molecule has 2 saturated heterocycles. The van der Waals surface area contributed by atoms with Gasteiger partial charge in [-0.3, -0.25) is 9.69 Å². The number of carbonyl (C=O) groups is 1. The molecule has 2 aromatic carbocycles. The monoisotopic (exact) mass is 651 g/mol. The van der Waals surface area contributed by atoms with Crippen LogP contribution in [0.5, 0.6) is 6.01 Å². The van der Waals surface area contributed by atoms with Crippen molar-refractivity contribution in [3.63, 3.8) is 0 Å². The maximum atomic E-state index is 16.6. The highest BCUT2D eigenvalue weighted by molar-refractivity contribution is 7.22. The van der Waals surface area contributed by atoms with E-state index in [1.165, 1.54) is 11.0 Å². The van der Waals surface area contributed by atoms with Crippen molar-refractivity contribution in [2.45, 2.75) is 24.8 Å². The largest absolute Gasteiger partial charge is 0.462 e. The van der Waals surface area contributed by atoms with Crippen molar-refractivity contribution in [1.29, 1.82) is 0 Å². The van der Waals surface area contributed by atoms with E-state index in [2.05, 4.69) is 21.5 Å². The lowest BCUT2D eigenvalue weighted by molar-refractivity contribution is -0.137. The molecule has 9 nitrogen and oxygen atoms in total. The van der Waals surface area contributed by atoms with Gasteiger partial charge in [-0.15, -0.1) is 0 Å². The van der Waals surface area contributed by atoms with Crippen molar-refractivity contribution in [3.05, 3.63) is 48.1 Å². The minimum Gasteiger partial charge on any atom is -0.462 e.